The van der Waals surface area contributed by atoms with Gasteiger partial charge in [-0.25, -0.2) is 0 Å². The standard InChI is InChI=1S/C13H25NO3/c1-12(16,10-15)9-14-8-11-4-7-13(17-11)5-2-3-6-13/h11,14-16H,2-10H2,1H3. The van der Waals surface area contributed by atoms with E-state index < -0.39 is 5.60 Å². The number of aliphatic hydroxyl groups is 2. The Hall–Kier alpha value is -0.160. The number of ether oxygens (including phenoxy) is 1. The van der Waals surface area contributed by atoms with Gasteiger partial charge in [0.1, 0.15) is 0 Å². The normalized spacial score (nSPS) is 30.9. The molecule has 1 spiro atoms. The molecule has 0 aromatic carbocycles. The predicted octanol–water partition coefficient (Wildman–Crippen LogP) is 0.811. The summed E-state index contributed by atoms with van der Waals surface area (Å²) in [5, 5.41) is 21.8. The number of rotatable bonds is 5. The lowest BCUT2D eigenvalue weighted by molar-refractivity contribution is -0.0395. The first kappa shape index (κ1) is 13.3. The second-order valence-corrected chi connectivity index (χ2v) is 5.95. The van der Waals surface area contributed by atoms with Gasteiger partial charge in [0.05, 0.1) is 23.9 Å². The highest BCUT2D eigenvalue weighted by Gasteiger charge is 2.41. The monoisotopic (exact) mass is 243 g/mol. The highest BCUT2D eigenvalue weighted by Crippen LogP contribution is 2.43. The molecule has 2 rings (SSSR count). The van der Waals surface area contributed by atoms with Crippen molar-refractivity contribution in [1.82, 2.24) is 5.32 Å². The Kier molecular flexibility index (Phi) is 4.08. The smallest absolute Gasteiger partial charge is 0.0972 e. The lowest BCUT2D eigenvalue weighted by atomic mass is 9.98. The lowest BCUT2D eigenvalue weighted by Gasteiger charge is -2.25. The van der Waals surface area contributed by atoms with Crippen LogP contribution < -0.4 is 5.32 Å². The number of hydrogen-bond donors (Lipinski definition) is 3. The fraction of sp³-hybridized carbons (Fsp3) is 1.00. The highest BCUT2D eigenvalue weighted by atomic mass is 16.5. The molecule has 1 saturated carbocycles. The van der Waals surface area contributed by atoms with E-state index in [1.807, 2.05) is 0 Å². The van der Waals surface area contributed by atoms with Crippen molar-refractivity contribution in [1.29, 1.82) is 0 Å². The molecule has 2 unspecified atom stereocenters. The molecule has 0 aromatic rings. The molecule has 17 heavy (non-hydrogen) atoms. The molecule has 0 radical (unpaired) electrons. The third kappa shape index (κ3) is 3.41. The Bertz CT molecular complexity index is 249. The molecule has 1 aliphatic heterocycles. The third-order valence-electron chi connectivity index (χ3n) is 4.07. The van der Waals surface area contributed by atoms with Crippen molar-refractivity contribution < 1.29 is 14.9 Å². The van der Waals surface area contributed by atoms with Crippen LogP contribution in [-0.2, 0) is 4.74 Å². The van der Waals surface area contributed by atoms with E-state index in [-0.39, 0.29) is 18.3 Å². The van der Waals surface area contributed by atoms with E-state index in [9.17, 15) is 5.11 Å². The first-order chi connectivity index (χ1) is 8.05. The minimum Gasteiger partial charge on any atom is -0.393 e. The summed E-state index contributed by atoms with van der Waals surface area (Å²) in [5.74, 6) is 0. The summed E-state index contributed by atoms with van der Waals surface area (Å²) in [6.45, 7) is 2.61. The van der Waals surface area contributed by atoms with Crippen LogP contribution in [-0.4, -0.2) is 47.2 Å². The molecule has 0 amide bonds. The van der Waals surface area contributed by atoms with Crippen molar-refractivity contribution in [2.75, 3.05) is 19.7 Å². The summed E-state index contributed by atoms with van der Waals surface area (Å²) < 4.78 is 6.15. The Balaban J connectivity index is 1.68. The molecule has 4 heteroatoms. The van der Waals surface area contributed by atoms with Gasteiger partial charge in [-0.15, -0.1) is 0 Å². The molecule has 100 valence electrons. The number of aliphatic hydroxyl groups excluding tert-OH is 1. The van der Waals surface area contributed by atoms with Crippen molar-refractivity contribution in [3.8, 4) is 0 Å². The van der Waals surface area contributed by atoms with Gasteiger partial charge < -0.3 is 20.3 Å². The van der Waals surface area contributed by atoms with Crippen molar-refractivity contribution >= 4 is 0 Å². The molecule has 2 aliphatic rings. The van der Waals surface area contributed by atoms with E-state index in [2.05, 4.69) is 5.32 Å². The van der Waals surface area contributed by atoms with Gasteiger partial charge in [-0.1, -0.05) is 12.8 Å². The van der Waals surface area contributed by atoms with Gasteiger partial charge in [0, 0.05) is 13.1 Å². The molecule has 1 saturated heterocycles. The maximum atomic E-state index is 9.65. The fourth-order valence-electron chi connectivity index (χ4n) is 2.98. The van der Waals surface area contributed by atoms with E-state index >= 15 is 0 Å². The van der Waals surface area contributed by atoms with E-state index in [1.165, 1.54) is 32.1 Å². The summed E-state index contributed by atoms with van der Waals surface area (Å²) in [7, 11) is 0. The average Bonchev–Trinajstić information content (AvgIpc) is 2.90. The zero-order valence-corrected chi connectivity index (χ0v) is 10.7. The Morgan fingerprint density at radius 3 is 2.71 bits per heavy atom. The molecule has 3 N–H and O–H groups in total. The summed E-state index contributed by atoms with van der Waals surface area (Å²) in [5.41, 5.74) is -0.838. The summed E-state index contributed by atoms with van der Waals surface area (Å²) in [6.07, 6.45) is 7.64. The maximum Gasteiger partial charge on any atom is 0.0972 e. The van der Waals surface area contributed by atoms with Crippen LogP contribution in [0.25, 0.3) is 0 Å². The molecule has 2 atom stereocenters. The average molecular weight is 243 g/mol. The molecule has 1 heterocycles. The SMILES string of the molecule is CC(O)(CO)CNCC1CCC2(CCCC2)O1. The molecule has 0 aromatic heterocycles. The third-order valence-corrected chi connectivity index (χ3v) is 4.07. The van der Waals surface area contributed by atoms with Crippen LogP contribution in [0.15, 0.2) is 0 Å². The predicted molar refractivity (Wildman–Crippen MR) is 65.9 cm³/mol. The van der Waals surface area contributed by atoms with Crippen LogP contribution in [0.2, 0.25) is 0 Å². The second kappa shape index (κ2) is 5.22. The van der Waals surface area contributed by atoms with Gasteiger partial charge in [0.15, 0.2) is 0 Å². The Morgan fingerprint density at radius 1 is 1.35 bits per heavy atom. The topological polar surface area (TPSA) is 61.7 Å². The summed E-state index contributed by atoms with van der Waals surface area (Å²) in [4.78, 5) is 0. The Morgan fingerprint density at radius 2 is 2.06 bits per heavy atom. The molecule has 2 fully saturated rings. The van der Waals surface area contributed by atoms with E-state index in [1.54, 1.807) is 6.92 Å². The zero-order chi connectivity index (χ0) is 12.4. The second-order valence-electron chi connectivity index (χ2n) is 5.95. The molecule has 0 bridgehead atoms. The number of hydrogen-bond acceptors (Lipinski definition) is 4. The molecule has 4 nitrogen and oxygen atoms in total. The number of nitrogens with one attached hydrogen (secondary N) is 1. The van der Waals surface area contributed by atoms with Crippen LogP contribution in [0, 0.1) is 0 Å². The molecular weight excluding hydrogens is 218 g/mol. The largest absolute Gasteiger partial charge is 0.393 e. The van der Waals surface area contributed by atoms with E-state index in [4.69, 9.17) is 9.84 Å². The first-order valence-corrected chi connectivity index (χ1v) is 6.77. The molecule has 1 aliphatic carbocycles. The van der Waals surface area contributed by atoms with Crippen molar-refractivity contribution in [3.63, 3.8) is 0 Å². The minimum absolute atomic E-state index is 0.186. The van der Waals surface area contributed by atoms with E-state index in [0.717, 1.165) is 13.0 Å². The van der Waals surface area contributed by atoms with Crippen LogP contribution >= 0.6 is 0 Å². The van der Waals surface area contributed by atoms with Gasteiger partial charge in [-0.2, -0.15) is 0 Å². The van der Waals surface area contributed by atoms with Crippen LogP contribution in [0.1, 0.15) is 45.4 Å². The van der Waals surface area contributed by atoms with Crippen molar-refractivity contribution in [2.45, 2.75) is 62.8 Å². The minimum atomic E-state index is -1.02. The van der Waals surface area contributed by atoms with Gasteiger partial charge in [0.2, 0.25) is 0 Å². The fourth-order valence-corrected chi connectivity index (χ4v) is 2.98. The Labute approximate surface area is 103 Å². The van der Waals surface area contributed by atoms with E-state index in [0.29, 0.717) is 6.54 Å². The summed E-state index contributed by atoms with van der Waals surface area (Å²) >= 11 is 0. The first-order valence-electron chi connectivity index (χ1n) is 6.77. The van der Waals surface area contributed by atoms with Crippen molar-refractivity contribution in [3.05, 3.63) is 0 Å². The van der Waals surface area contributed by atoms with Crippen LogP contribution in [0.4, 0.5) is 0 Å². The van der Waals surface area contributed by atoms with Crippen LogP contribution in [0.3, 0.4) is 0 Å². The zero-order valence-electron chi connectivity index (χ0n) is 10.7. The van der Waals surface area contributed by atoms with Gasteiger partial charge in [-0.05, 0) is 32.6 Å². The van der Waals surface area contributed by atoms with Gasteiger partial charge in [-0.3, -0.25) is 0 Å². The summed E-state index contributed by atoms with van der Waals surface area (Å²) in [6, 6.07) is 0. The quantitative estimate of drug-likeness (QED) is 0.669. The molecular formula is C13H25NO3. The van der Waals surface area contributed by atoms with Crippen LogP contribution in [0.5, 0.6) is 0 Å². The lowest BCUT2D eigenvalue weighted by Crippen LogP contribution is -2.43. The maximum absolute atomic E-state index is 9.65. The van der Waals surface area contributed by atoms with Gasteiger partial charge >= 0.3 is 0 Å². The van der Waals surface area contributed by atoms with Crippen molar-refractivity contribution in [2.24, 2.45) is 0 Å². The highest BCUT2D eigenvalue weighted by molar-refractivity contribution is 4.93. The van der Waals surface area contributed by atoms with Gasteiger partial charge in [0.25, 0.3) is 0 Å².